The molecule has 1 aromatic heterocycles. The van der Waals surface area contributed by atoms with Gasteiger partial charge in [-0.05, 0) is 0 Å². The molecule has 0 aliphatic heterocycles. The van der Waals surface area contributed by atoms with Crippen molar-refractivity contribution in [1.29, 1.82) is 0 Å². The van der Waals surface area contributed by atoms with Crippen LogP contribution in [0.15, 0.2) is 21.9 Å². The van der Waals surface area contributed by atoms with Gasteiger partial charge in [0, 0.05) is 0 Å². The summed E-state index contributed by atoms with van der Waals surface area (Å²) in [7, 11) is -4.62. The highest BCUT2D eigenvalue weighted by molar-refractivity contribution is 7.86. The molecule has 1 heterocycles. The molecular weight excluding hydrogens is 149 g/mol. The Kier molecular flexibility index (Phi) is 1.24. The van der Waals surface area contributed by atoms with Gasteiger partial charge in [-0.1, -0.05) is 5.16 Å². The van der Waals surface area contributed by atoms with E-state index in [2.05, 4.69) is 9.68 Å². The highest BCUT2D eigenvalue weighted by Gasteiger charge is 2.12. The van der Waals surface area contributed by atoms with Crippen LogP contribution in [-0.2, 0) is 10.2 Å². The minimum Gasteiger partial charge on any atom is -0.363 e. The zero-order chi connectivity index (χ0) is 6.91. The van der Waals surface area contributed by atoms with Gasteiger partial charge in [0.1, 0.15) is 6.26 Å². The van der Waals surface area contributed by atoms with Crippen molar-refractivity contribution in [3.8, 4) is 0 Å². The van der Waals surface area contributed by atoms with Gasteiger partial charge in [0.15, 0.2) is 4.90 Å². The predicted octanol–water partition coefficient (Wildman–Crippen LogP) is 0.333. The van der Waals surface area contributed by atoms with Crippen LogP contribution in [0.3, 0.4) is 0 Å². The van der Waals surface area contributed by atoms with Crippen LogP contribution in [0.2, 0.25) is 0 Å². The lowest BCUT2D eigenvalue weighted by Gasteiger charge is -1.78. The minimum atomic E-state index is -4.62. The number of nitrogens with zero attached hydrogens (tertiary/aromatic N) is 1. The number of aromatic nitrogens is 1. The monoisotopic (exact) mass is 151 g/mol. The number of rotatable bonds is 1. The Morgan fingerprint density at radius 3 is 2.56 bits per heavy atom. The molecule has 9 heavy (non-hydrogen) atoms. The normalized spacial score (nSPS) is 11.7. The lowest BCUT2D eigenvalue weighted by atomic mass is 10.8. The first-order chi connectivity index (χ1) is 4.11. The SMILES string of the molecule is O=S(=O)(F)c1cnoc1. The second-order valence-electron chi connectivity index (χ2n) is 1.30. The van der Waals surface area contributed by atoms with E-state index in [1.165, 1.54) is 0 Å². The largest absolute Gasteiger partial charge is 0.363 e. The highest BCUT2D eigenvalue weighted by atomic mass is 32.3. The van der Waals surface area contributed by atoms with Gasteiger partial charge in [0.25, 0.3) is 0 Å². The first-order valence-electron chi connectivity index (χ1n) is 1.95. The van der Waals surface area contributed by atoms with Gasteiger partial charge in [-0.2, -0.15) is 8.42 Å². The average molecular weight is 151 g/mol. The summed E-state index contributed by atoms with van der Waals surface area (Å²) in [6.07, 6.45) is 1.50. The number of halogens is 1. The van der Waals surface area contributed by atoms with Crippen LogP contribution in [-0.4, -0.2) is 13.6 Å². The standard InChI is InChI=1S/C3H2FNO3S/c4-9(6,7)3-1-5-8-2-3/h1-2H. The first kappa shape index (κ1) is 6.21. The molecular formula is C3H2FNO3S. The maximum absolute atomic E-state index is 11.8. The molecule has 0 atom stereocenters. The molecule has 0 spiro atoms. The Hall–Kier alpha value is -0.910. The molecule has 0 aromatic carbocycles. The summed E-state index contributed by atoms with van der Waals surface area (Å²) in [4.78, 5) is -0.553. The molecule has 0 unspecified atom stereocenters. The highest BCUT2D eigenvalue weighted by Crippen LogP contribution is 2.08. The number of hydrogen-bond acceptors (Lipinski definition) is 4. The van der Waals surface area contributed by atoms with Crippen LogP contribution in [0.1, 0.15) is 0 Å². The van der Waals surface area contributed by atoms with Crippen molar-refractivity contribution in [3.05, 3.63) is 12.5 Å². The van der Waals surface area contributed by atoms with Crippen LogP contribution < -0.4 is 0 Å². The molecule has 6 heteroatoms. The van der Waals surface area contributed by atoms with Gasteiger partial charge in [0.2, 0.25) is 0 Å². The van der Waals surface area contributed by atoms with Crippen molar-refractivity contribution in [3.63, 3.8) is 0 Å². The third kappa shape index (κ3) is 1.26. The van der Waals surface area contributed by atoms with E-state index in [4.69, 9.17) is 0 Å². The molecule has 0 radical (unpaired) electrons. The zero-order valence-electron chi connectivity index (χ0n) is 4.11. The van der Waals surface area contributed by atoms with Gasteiger partial charge in [-0.3, -0.25) is 0 Å². The molecule has 50 valence electrons. The smallest absolute Gasteiger partial charge is 0.336 e. The maximum Gasteiger partial charge on any atom is 0.336 e. The van der Waals surface area contributed by atoms with Crippen molar-refractivity contribution >= 4 is 10.2 Å². The molecule has 0 aliphatic carbocycles. The van der Waals surface area contributed by atoms with Crippen molar-refractivity contribution in [1.82, 2.24) is 5.16 Å². The van der Waals surface area contributed by atoms with E-state index in [-0.39, 0.29) is 0 Å². The average Bonchev–Trinajstić information content (AvgIpc) is 2.08. The molecule has 1 rings (SSSR count). The Bertz CT molecular complexity index is 276. The van der Waals surface area contributed by atoms with Gasteiger partial charge >= 0.3 is 10.2 Å². The van der Waals surface area contributed by atoms with E-state index in [1.807, 2.05) is 0 Å². The Balaban J connectivity index is 3.20. The summed E-state index contributed by atoms with van der Waals surface area (Å²) in [6, 6.07) is 0. The molecule has 0 amide bonds. The molecule has 0 saturated carbocycles. The van der Waals surface area contributed by atoms with E-state index < -0.39 is 15.1 Å². The van der Waals surface area contributed by atoms with Gasteiger partial charge in [-0.25, -0.2) is 0 Å². The van der Waals surface area contributed by atoms with Gasteiger partial charge in [-0.15, -0.1) is 3.89 Å². The fourth-order valence-electron chi connectivity index (χ4n) is 0.316. The summed E-state index contributed by atoms with van der Waals surface area (Å²) in [5.41, 5.74) is 0. The minimum absolute atomic E-state index is 0.553. The molecule has 0 fully saturated rings. The fraction of sp³-hybridized carbons (Fsp3) is 0. The summed E-state index contributed by atoms with van der Waals surface area (Å²) in [5.74, 6) is 0. The number of hydrogen-bond donors (Lipinski definition) is 0. The Morgan fingerprint density at radius 2 is 2.33 bits per heavy atom. The summed E-state index contributed by atoms with van der Waals surface area (Å²) < 4.78 is 35.8. The van der Waals surface area contributed by atoms with Crippen molar-refractivity contribution in [2.45, 2.75) is 4.90 Å². The molecule has 4 nitrogen and oxygen atoms in total. The Labute approximate surface area is 50.5 Å². The lowest BCUT2D eigenvalue weighted by Crippen LogP contribution is -1.86. The van der Waals surface area contributed by atoms with E-state index >= 15 is 0 Å². The second kappa shape index (κ2) is 1.80. The maximum atomic E-state index is 11.8. The summed E-state index contributed by atoms with van der Waals surface area (Å²) in [5, 5.41) is 2.99. The fourth-order valence-corrected chi connectivity index (χ4v) is 0.643. The van der Waals surface area contributed by atoms with Crippen LogP contribution in [0, 0.1) is 0 Å². The first-order valence-corrected chi connectivity index (χ1v) is 3.33. The Morgan fingerprint density at radius 1 is 1.67 bits per heavy atom. The lowest BCUT2D eigenvalue weighted by molar-refractivity contribution is 0.417. The zero-order valence-corrected chi connectivity index (χ0v) is 4.93. The summed E-state index contributed by atoms with van der Waals surface area (Å²) >= 11 is 0. The van der Waals surface area contributed by atoms with Crippen molar-refractivity contribution in [2.24, 2.45) is 0 Å². The summed E-state index contributed by atoms with van der Waals surface area (Å²) in [6.45, 7) is 0. The third-order valence-corrected chi connectivity index (χ3v) is 1.46. The molecule has 0 bridgehead atoms. The molecule has 0 aliphatic rings. The van der Waals surface area contributed by atoms with E-state index in [0.717, 1.165) is 12.5 Å². The second-order valence-corrected chi connectivity index (χ2v) is 2.65. The molecule has 0 saturated heterocycles. The topological polar surface area (TPSA) is 60.2 Å². The third-order valence-electron chi connectivity index (χ3n) is 0.691. The van der Waals surface area contributed by atoms with Crippen LogP contribution in [0.25, 0.3) is 0 Å². The van der Waals surface area contributed by atoms with E-state index in [1.54, 1.807) is 0 Å². The van der Waals surface area contributed by atoms with E-state index in [0.29, 0.717) is 0 Å². The van der Waals surface area contributed by atoms with Gasteiger partial charge in [0.05, 0.1) is 6.20 Å². The quantitative estimate of drug-likeness (QED) is 0.543. The molecule has 1 aromatic rings. The predicted molar refractivity (Wildman–Crippen MR) is 24.8 cm³/mol. The van der Waals surface area contributed by atoms with E-state index in [9.17, 15) is 12.3 Å². The van der Waals surface area contributed by atoms with Crippen LogP contribution in [0.4, 0.5) is 3.89 Å². The molecule has 0 N–H and O–H groups in total. The van der Waals surface area contributed by atoms with Gasteiger partial charge < -0.3 is 4.52 Å². The van der Waals surface area contributed by atoms with Crippen molar-refractivity contribution < 1.29 is 16.8 Å². The van der Waals surface area contributed by atoms with Crippen molar-refractivity contribution in [2.75, 3.05) is 0 Å². The van der Waals surface area contributed by atoms with Crippen LogP contribution in [0.5, 0.6) is 0 Å². The van der Waals surface area contributed by atoms with Crippen LogP contribution >= 0.6 is 0 Å².